The highest BCUT2D eigenvalue weighted by Crippen LogP contribution is 2.30. The topological polar surface area (TPSA) is 83.5 Å². The van der Waals surface area contributed by atoms with E-state index in [2.05, 4.69) is 4.72 Å². The van der Waals surface area contributed by atoms with E-state index < -0.39 is 22.0 Å². The molecule has 0 unspecified atom stereocenters. The van der Waals surface area contributed by atoms with Crippen LogP contribution in [0.15, 0.2) is 10.3 Å². The molecule has 102 valence electrons. The van der Waals surface area contributed by atoms with Crippen LogP contribution in [0.5, 0.6) is 0 Å². The van der Waals surface area contributed by atoms with Crippen molar-refractivity contribution in [2.45, 2.75) is 36.9 Å². The van der Waals surface area contributed by atoms with Crippen molar-refractivity contribution in [2.75, 3.05) is 0 Å². The van der Waals surface area contributed by atoms with Crippen LogP contribution in [0.2, 0.25) is 4.34 Å². The van der Waals surface area contributed by atoms with Crippen LogP contribution in [0.3, 0.4) is 0 Å². The maximum atomic E-state index is 12.0. The van der Waals surface area contributed by atoms with Gasteiger partial charge in [-0.2, -0.15) is 4.72 Å². The summed E-state index contributed by atoms with van der Waals surface area (Å²) in [5, 5.41) is 8.92. The molecular weight excluding hydrogens is 298 g/mol. The molecule has 0 aliphatic heterocycles. The quantitative estimate of drug-likeness (QED) is 0.844. The number of thiophene rings is 1. The lowest BCUT2D eigenvalue weighted by Gasteiger charge is -2.12. The number of aryl methyl sites for hydroxylation is 1. The van der Waals surface area contributed by atoms with Gasteiger partial charge in [0.2, 0.25) is 0 Å². The lowest BCUT2D eigenvalue weighted by Crippen LogP contribution is -2.40. The van der Waals surface area contributed by atoms with Crippen LogP contribution in [-0.4, -0.2) is 25.5 Å². The third kappa shape index (κ3) is 3.68. The van der Waals surface area contributed by atoms with Gasteiger partial charge in [0.15, 0.2) is 0 Å². The largest absolute Gasteiger partial charge is 0.480 e. The van der Waals surface area contributed by atoms with E-state index in [1.165, 1.54) is 6.07 Å². The van der Waals surface area contributed by atoms with Crippen LogP contribution in [0, 0.1) is 6.92 Å². The molecule has 0 spiro atoms. The number of rotatable bonds is 6. The van der Waals surface area contributed by atoms with E-state index in [1.807, 2.05) is 0 Å². The number of hydrogen-bond donors (Lipinski definition) is 2. The molecule has 0 aliphatic carbocycles. The third-order valence-electron chi connectivity index (χ3n) is 2.27. The van der Waals surface area contributed by atoms with E-state index in [-0.39, 0.29) is 10.6 Å². The zero-order valence-corrected chi connectivity index (χ0v) is 12.3. The molecule has 1 aromatic rings. The fourth-order valence-corrected chi connectivity index (χ4v) is 4.28. The lowest BCUT2D eigenvalue weighted by atomic mass is 10.2. The highest BCUT2D eigenvalue weighted by atomic mass is 35.5. The van der Waals surface area contributed by atoms with Crippen molar-refractivity contribution in [3.05, 3.63) is 16.0 Å². The van der Waals surface area contributed by atoms with Crippen molar-refractivity contribution in [1.29, 1.82) is 0 Å². The molecule has 8 heteroatoms. The molecule has 18 heavy (non-hydrogen) atoms. The Morgan fingerprint density at radius 1 is 1.61 bits per heavy atom. The van der Waals surface area contributed by atoms with E-state index in [0.717, 1.165) is 11.3 Å². The van der Waals surface area contributed by atoms with Crippen LogP contribution in [0.25, 0.3) is 0 Å². The van der Waals surface area contributed by atoms with Crippen molar-refractivity contribution >= 4 is 38.9 Å². The lowest BCUT2D eigenvalue weighted by molar-refractivity contribution is -0.139. The van der Waals surface area contributed by atoms with Crippen LogP contribution in [0.1, 0.15) is 25.3 Å². The van der Waals surface area contributed by atoms with Gasteiger partial charge in [0.25, 0.3) is 10.0 Å². The molecule has 1 heterocycles. The van der Waals surface area contributed by atoms with Gasteiger partial charge in [-0.25, -0.2) is 8.42 Å². The first kappa shape index (κ1) is 15.4. The number of carboxylic acids is 1. The maximum absolute atomic E-state index is 12.0. The number of carbonyl (C=O) groups is 1. The van der Waals surface area contributed by atoms with Crippen molar-refractivity contribution in [3.63, 3.8) is 0 Å². The second-order valence-corrected chi connectivity index (χ2v) is 7.42. The average molecular weight is 312 g/mol. The molecule has 1 aromatic heterocycles. The summed E-state index contributed by atoms with van der Waals surface area (Å²) in [5.41, 5.74) is 0.657. The fraction of sp³-hybridized carbons (Fsp3) is 0.500. The van der Waals surface area contributed by atoms with Gasteiger partial charge in [0, 0.05) is 0 Å². The summed E-state index contributed by atoms with van der Waals surface area (Å²) in [6.07, 6.45) is 0.816. The zero-order valence-electron chi connectivity index (χ0n) is 9.94. The fourth-order valence-electron chi connectivity index (χ4n) is 1.33. The number of hydrogen-bond acceptors (Lipinski definition) is 4. The molecule has 0 aromatic carbocycles. The van der Waals surface area contributed by atoms with E-state index in [4.69, 9.17) is 16.7 Å². The van der Waals surface area contributed by atoms with Gasteiger partial charge in [0.1, 0.15) is 10.3 Å². The Morgan fingerprint density at radius 3 is 2.61 bits per heavy atom. The molecule has 0 bridgehead atoms. The number of aliphatic carboxylic acids is 1. The normalized spacial score (nSPS) is 13.5. The van der Waals surface area contributed by atoms with E-state index in [9.17, 15) is 13.2 Å². The van der Waals surface area contributed by atoms with Crippen LogP contribution in [0.4, 0.5) is 0 Å². The first-order chi connectivity index (χ1) is 8.27. The van der Waals surface area contributed by atoms with Crippen LogP contribution in [-0.2, 0) is 14.8 Å². The molecule has 2 N–H and O–H groups in total. The SMILES string of the molecule is CCC[C@H](NS(=O)(=O)c1cc(C)c(Cl)s1)C(=O)O. The van der Waals surface area contributed by atoms with Gasteiger partial charge in [-0.15, -0.1) is 11.3 Å². The molecular formula is C10H14ClNO4S2. The molecule has 0 aliphatic rings. The Morgan fingerprint density at radius 2 is 2.22 bits per heavy atom. The molecule has 1 atom stereocenters. The number of carboxylic acid groups (broad SMARTS) is 1. The van der Waals surface area contributed by atoms with Crippen molar-refractivity contribution in [1.82, 2.24) is 4.72 Å². The summed E-state index contributed by atoms with van der Waals surface area (Å²) < 4.78 is 26.5. The zero-order chi connectivity index (χ0) is 13.9. The van der Waals surface area contributed by atoms with Crippen LogP contribution >= 0.6 is 22.9 Å². The highest BCUT2D eigenvalue weighted by molar-refractivity contribution is 7.91. The van der Waals surface area contributed by atoms with Crippen molar-refractivity contribution < 1.29 is 18.3 Å². The Bertz CT molecular complexity index is 519. The second kappa shape index (κ2) is 6.01. The van der Waals surface area contributed by atoms with E-state index >= 15 is 0 Å². The predicted molar refractivity (Wildman–Crippen MR) is 70.7 cm³/mol. The van der Waals surface area contributed by atoms with Gasteiger partial charge >= 0.3 is 5.97 Å². The molecule has 0 saturated carbocycles. The summed E-state index contributed by atoms with van der Waals surface area (Å²) in [5.74, 6) is -1.18. The maximum Gasteiger partial charge on any atom is 0.321 e. The summed E-state index contributed by atoms with van der Waals surface area (Å²) in [6, 6.07) is 0.321. The molecule has 5 nitrogen and oxygen atoms in total. The Kier molecular flexibility index (Phi) is 5.15. The average Bonchev–Trinajstić information content (AvgIpc) is 2.59. The first-order valence-electron chi connectivity index (χ1n) is 5.29. The molecule has 0 amide bonds. The van der Waals surface area contributed by atoms with Crippen LogP contribution < -0.4 is 4.72 Å². The molecule has 1 rings (SSSR count). The van der Waals surface area contributed by atoms with Gasteiger partial charge in [-0.3, -0.25) is 4.79 Å². The smallest absolute Gasteiger partial charge is 0.321 e. The van der Waals surface area contributed by atoms with Crippen molar-refractivity contribution in [3.8, 4) is 0 Å². The first-order valence-corrected chi connectivity index (χ1v) is 7.96. The minimum absolute atomic E-state index is 0.0346. The Hall–Kier alpha value is -0.630. The Balaban J connectivity index is 2.96. The minimum Gasteiger partial charge on any atom is -0.480 e. The summed E-state index contributed by atoms with van der Waals surface area (Å²) in [6.45, 7) is 3.48. The molecule has 0 radical (unpaired) electrons. The summed E-state index contributed by atoms with van der Waals surface area (Å²) in [7, 11) is -3.83. The highest BCUT2D eigenvalue weighted by Gasteiger charge is 2.26. The standard InChI is InChI=1S/C10H14ClNO4S2/c1-3-4-7(10(13)14)12-18(15,16)8-5-6(2)9(11)17-8/h5,7,12H,3-4H2,1-2H3,(H,13,14)/t7-/m0/s1. The van der Waals surface area contributed by atoms with Gasteiger partial charge in [-0.1, -0.05) is 24.9 Å². The Labute approximate surface area is 115 Å². The summed E-state index contributed by atoms with van der Waals surface area (Å²) >= 11 is 6.72. The van der Waals surface area contributed by atoms with Crippen molar-refractivity contribution in [2.24, 2.45) is 0 Å². The number of sulfonamides is 1. The third-order valence-corrected chi connectivity index (χ3v) is 5.77. The monoisotopic (exact) mass is 311 g/mol. The minimum atomic E-state index is -3.83. The molecule has 0 fully saturated rings. The number of halogens is 1. The number of nitrogens with one attached hydrogen (secondary N) is 1. The predicted octanol–water partition coefficient (Wildman–Crippen LogP) is 2.24. The van der Waals surface area contributed by atoms with E-state index in [1.54, 1.807) is 13.8 Å². The van der Waals surface area contributed by atoms with E-state index in [0.29, 0.717) is 16.3 Å². The van der Waals surface area contributed by atoms with Gasteiger partial charge < -0.3 is 5.11 Å². The summed E-state index contributed by atoms with van der Waals surface area (Å²) in [4.78, 5) is 10.9. The van der Waals surface area contributed by atoms with Gasteiger partial charge in [0.05, 0.1) is 4.34 Å². The second-order valence-electron chi connectivity index (χ2n) is 3.82. The molecule has 0 saturated heterocycles. The van der Waals surface area contributed by atoms with Gasteiger partial charge in [-0.05, 0) is 25.0 Å².